The topological polar surface area (TPSA) is 45.9 Å². The van der Waals surface area contributed by atoms with E-state index in [0.29, 0.717) is 0 Å². The molecule has 0 radical (unpaired) electrons. The van der Waals surface area contributed by atoms with Gasteiger partial charge in [0.05, 0.1) is 5.38 Å². The number of nitrogens with zero attached hydrogens (tertiary/aromatic N) is 1. The minimum absolute atomic E-state index is 0.812. The Bertz CT molecular complexity index is 579. The van der Waals surface area contributed by atoms with Crippen molar-refractivity contribution < 1.29 is 4.40 Å². The molecule has 3 aromatic rings. The number of H-pyrrole nitrogens is 1. The molecule has 0 bridgehead atoms. The van der Waals surface area contributed by atoms with Crippen LogP contribution in [0.5, 0.6) is 0 Å². The van der Waals surface area contributed by atoms with Crippen molar-refractivity contribution in [3.63, 3.8) is 0 Å². The van der Waals surface area contributed by atoms with E-state index in [4.69, 9.17) is 5.73 Å². The number of nitrogens with two attached hydrogens (primary N) is 1. The number of nitrogen functional groups attached to an aromatic ring is 1. The summed E-state index contributed by atoms with van der Waals surface area (Å²) in [6, 6.07) is 8.13. The Labute approximate surface area is 78.4 Å². The molecule has 0 atom stereocenters. The second kappa shape index (κ2) is 2.23. The summed E-state index contributed by atoms with van der Waals surface area (Å²) >= 11 is 1.55. The molecule has 0 amide bonds. The molecule has 13 heavy (non-hydrogen) atoms. The van der Waals surface area contributed by atoms with E-state index in [0.717, 1.165) is 21.8 Å². The zero-order valence-corrected chi connectivity index (χ0v) is 7.64. The monoisotopic (exact) mass is 190 g/mol. The van der Waals surface area contributed by atoms with Gasteiger partial charge in [-0.1, -0.05) is 23.5 Å². The first kappa shape index (κ1) is 6.91. The number of nitrogens with one attached hydrogen (secondary N) is 1. The molecule has 2 aromatic heterocycles. The Hall–Kier alpha value is -1.55. The van der Waals surface area contributed by atoms with Crippen molar-refractivity contribution in [3.05, 3.63) is 29.6 Å². The molecular weight excluding hydrogens is 182 g/mol. The molecule has 3 N–H and O–H groups in total. The number of hydrogen-bond donors (Lipinski definition) is 2. The van der Waals surface area contributed by atoms with Gasteiger partial charge in [0.1, 0.15) is 11.0 Å². The molecule has 0 fully saturated rings. The van der Waals surface area contributed by atoms with E-state index >= 15 is 0 Å². The van der Waals surface area contributed by atoms with Crippen molar-refractivity contribution in [2.24, 2.45) is 0 Å². The summed E-state index contributed by atoms with van der Waals surface area (Å²) in [7, 11) is 0. The summed E-state index contributed by atoms with van der Waals surface area (Å²) in [5.74, 6) is 0. The lowest BCUT2D eigenvalue weighted by Gasteiger charge is -1.84. The van der Waals surface area contributed by atoms with Crippen LogP contribution in [-0.2, 0) is 0 Å². The number of imidazole rings is 1. The van der Waals surface area contributed by atoms with Crippen LogP contribution in [0.25, 0.3) is 16.7 Å². The third-order valence-corrected chi connectivity index (χ3v) is 2.93. The molecule has 3 rings (SSSR count). The summed E-state index contributed by atoms with van der Waals surface area (Å²) < 4.78 is 2.03. The van der Waals surface area contributed by atoms with Crippen LogP contribution in [0.2, 0.25) is 0 Å². The highest BCUT2D eigenvalue weighted by Gasteiger charge is 2.12. The average molecular weight is 190 g/mol. The Balaban J connectivity index is 2.66. The first-order valence-corrected chi connectivity index (χ1v) is 4.90. The van der Waals surface area contributed by atoms with Gasteiger partial charge in [0.2, 0.25) is 5.65 Å². The van der Waals surface area contributed by atoms with Crippen molar-refractivity contribution in [1.29, 1.82) is 0 Å². The normalized spacial score (nSPS) is 11.4. The van der Waals surface area contributed by atoms with Gasteiger partial charge in [-0.3, -0.25) is 4.98 Å². The van der Waals surface area contributed by atoms with Crippen LogP contribution in [0.15, 0.2) is 29.6 Å². The Kier molecular flexibility index (Phi) is 1.19. The number of aromatic nitrogens is 2. The van der Waals surface area contributed by atoms with Crippen LogP contribution >= 0.6 is 11.3 Å². The molecule has 0 unspecified atom stereocenters. The first-order chi connectivity index (χ1) is 6.36. The zero-order valence-electron chi connectivity index (χ0n) is 6.82. The standard InChI is InChI=1S/C9H7N3S/c10-9-12-7-4-2-1-3-6(7)11-8(12)5-13-9/h1-5,10-11H/p+1. The molecule has 64 valence electrons. The van der Waals surface area contributed by atoms with Crippen molar-refractivity contribution in [3.8, 4) is 0 Å². The van der Waals surface area contributed by atoms with Gasteiger partial charge in [-0.25, -0.2) is 0 Å². The summed E-state index contributed by atoms with van der Waals surface area (Å²) in [6.45, 7) is 0. The van der Waals surface area contributed by atoms with E-state index in [9.17, 15) is 0 Å². The van der Waals surface area contributed by atoms with Gasteiger partial charge in [-0.15, -0.1) is 0 Å². The summed E-state index contributed by atoms with van der Waals surface area (Å²) in [4.78, 5) is 3.29. The van der Waals surface area contributed by atoms with Crippen LogP contribution in [0, 0.1) is 0 Å². The smallest absolute Gasteiger partial charge is 0.283 e. The lowest BCUT2D eigenvalue weighted by atomic mass is 10.3. The third kappa shape index (κ3) is 0.805. The highest BCUT2D eigenvalue weighted by molar-refractivity contribution is 7.13. The number of rotatable bonds is 0. The molecule has 0 aliphatic carbocycles. The lowest BCUT2D eigenvalue weighted by molar-refractivity contribution is -0.459. The van der Waals surface area contributed by atoms with Crippen LogP contribution in [-0.4, -0.2) is 4.98 Å². The fourth-order valence-electron chi connectivity index (χ4n) is 1.59. The number of thiazole rings is 1. The second-order valence-electron chi connectivity index (χ2n) is 2.94. The van der Waals surface area contributed by atoms with Gasteiger partial charge < -0.3 is 5.73 Å². The maximum atomic E-state index is 5.85. The quantitative estimate of drug-likeness (QED) is 0.519. The number of fused-ring (bicyclic) bond motifs is 3. The maximum absolute atomic E-state index is 5.85. The highest BCUT2D eigenvalue weighted by Crippen LogP contribution is 2.16. The molecule has 4 heteroatoms. The number of hydrogen-bond acceptors (Lipinski definition) is 2. The number of aromatic amines is 1. The fourth-order valence-corrected chi connectivity index (χ4v) is 2.29. The fraction of sp³-hybridized carbons (Fsp3) is 0. The predicted molar refractivity (Wildman–Crippen MR) is 53.7 cm³/mol. The molecule has 0 saturated carbocycles. The van der Waals surface area contributed by atoms with Crippen molar-refractivity contribution in [2.45, 2.75) is 0 Å². The second-order valence-corrected chi connectivity index (χ2v) is 3.83. The van der Waals surface area contributed by atoms with Crippen LogP contribution < -0.4 is 10.1 Å². The van der Waals surface area contributed by atoms with E-state index < -0.39 is 0 Å². The molecule has 0 spiro atoms. The Morgan fingerprint density at radius 1 is 1.31 bits per heavy atom. The van der Waals surface area contributed by atoms with E-state index in [1.165, 1.54) is 0 Å². The molecule has 0 aliphatic rings. The van der Waals surface area contributed by atoms with E-state index in [1.807, 2.05) is 28.0 Å². The van der Waals surface area contributed by atoms with E-state index in [1.54, 1.807) is 11.3 Å². The van der Waals surface area contributed by atoms with Crippen molar-refractivity contribution in [2.75, 3.05) is 5.73 Å². The summed E-state index contributed by atoms with van der Waals surface area (Å²) in [5.41, 5.74) is 9.16. The van der Waals surface area contributed by atoms with Gasteiger partial charge in [0, 0.05) is 0 Å². The highest BCUT2D eigenvalue weighted by atomic mass is 32.1. The molecule has 2 heterocycles. The molecule has 1 aromatic carbocycles. The molecule has 0 aliphatic heterocycles. The van der Waals surface area contributed by atoms with Gasteiger partial charge in [-0.05, 0) is 12.1 Å². The minimum Gasteiger partial charge on any atom is -0.309 e. The summed E-state index contributed by atoms with van der Waals surface area (Å²) in [5, 5.41) is 2.84. The molecule has 3 nitrogen and oxygen atoms in total. The van der Waals surface area contributed by atoms with Gasteiger partial charge in [0.25, 0.3) is 5.13 Å². The lowest BCUT2D eigenvalue weighted by Crippen LogP contribution is -2.20. The third-order valence-electron chi connectivity index (χ3n) is 2.16. The van der Waals surface area contributed by atoms with Crippen LogP contribution in [0.4, 0.5) is 5.13 Å². The Morgan fingerprint density at radius 2 is 2.15 bits per heavy atom. The minimum atomic E-state index is 0.812. The van der Waals surface area contributed by atoms with Crippen LogP contribution in [0.3, 0.4) is 0 Å². The zero-order chi connectivity index (χ0) is 8.84. The number of benzene rings is 1. The van der Waals surface area contributed by atoms with Crippen LogP contribution in [0.1, 0.15) is 0 Å². The Morgan fingerprint density at radius 3 is 3.08 bits per heavy atom. The summed E-state index contributed by atoms with van der Waals surface area (Å²) in [6.07, 6.45) is 0. The van der Waals surface area contributed by atoms with E-state index in [-0.39, 0.29) is 0 Å². The van der Waals surface area contributed by atoms with Gasteiger partial charge in [0.15, 0.2) is 0 Å². The van der Waals surface area contributed by atoms with Crippen molar-refractivity contribution >= 4 is 33.1 Å². The van der Waals surface area contributed by atoms with Gasteiger partial charge in [-0.2, -0.15) is 4.40 Å². The maximum Gasteiger partial charge on any atom is 0.283 e. The SMILES string of the molecule is Nc1scc2[nH]c3ccccc3[n+]12. The van der Waals surface area contributed by atoms with Crippen molar-refractivity contribution in [1.82, 2.24) is 4.98 Å². The molecule has 0 saturated heterocycles. The molecular formula is C9H8N3S+. The van der Waals surface area contributed by atoms with Gasteiger partial charge >= 0.3 is 0 Å². The first-order valence-electron chi connectivity index (χ1n) is 4.02. The average Bonchev–Trinajstić information content (AvgIpc) is 2.66. The number of anilines is 1. The van der Waals surface area contributed by atoms with E-state index in [2.05, 4.69) is 11.1 Å². The number of para-hydroxylation sites is 2. The largest absolute Gasteiger partial charge is 0.309 e. The predicted octanol–water partition coefficient (Wildman–Crippen LogP) is 1.55.